The van der Waals surface area contributed by atoms with Crippen LogP contribution in [0.5, 0.6) is 0 Å². The van der Waals surface area contributed by atoms with Gasteiger partial charge in [0.1, 0.15) is 0 Å². The van der Waals surface area contributed by atoms with Gasteiger partial charge in [0.2, 0.25) is 0 Å². The molecule has 4 rings (SSSR count). The average Bonchev–Trinajstić information content (AvgIpc) is 2.68. The molecule has 2 nitrogen and oxygen atoms in total. The van der Waals surface area contributed by atoms with Crippen molar-refractivity contribution in [1.82, 2.24) is 0 Å². The van der Waals surface area contributed by atoms with Gasteiger partial charge in [-0.1, -0.05) is 12.8 Å². The summed E-state index contributed by atoms with van der Waals surface area (Å²) in [6, 6.07) is 0.373. The van der Waals surface area contributed by atoms with Gasteiger partial charge in [-0.2, -0.15) is 0 Å². The highest BCUT2D eigenvalue weighted by molar-refractivity contribution is 5.08. The van der Waals surface area contributed by atoms with Crippen molar-refractivity contribution >= 4 is 0 Å². The third kappa shape index (κ3) is 1.46. The molecule has 2 saturated carbocycles. The molecular weight excluding hydrogens is 198 g/mol. The Morgan fingerprint density at radius 3 is 2.38 bits per heavy atom. The van der Waals surface area contributed by atoms with Gasteiger partial charge < -0.3 is 10.5 Å². The maximum absolute atomic E-state index is 6.53. The summed E-state index contributed by atoms with van der Waals surface area (Å²) in [4.78, 5) is 0. The second kappa shape index (κ2) is 3.46. The first-order chi connectivity index (χ1) is 7.54. The normalized spacial score (nSPS) is 47.4. The highest BCUT2D eigenvalue weighted by Gasteiger charge is 2.57. The summed E-state index contributed by atoms with van der Waals surface area (Å²) in [7, 11) is 0. The maximum atomic E-state index is 6.53. The van der Waals surface area contributed by atoms with Gasteiger partial charge in [-0.05, 0) is 51.9 Å². The van der Waals surface area contributed by atoms with Crippen LogP contribution in [0.4, 0.5) is 0 Å². The Morgan fingerprint density at radius 1 is 1.12 bits per heavy atom. The summed E-state index contributed by atoms with van der Waals surface area (Å²) in [5.41, 5.74) is 6.53. The Morgan fingerprint density at radius 2 is 1.81 bits per heavy atom. The lowest BCUT2D eigenvalue weighted by molar-refractivity contribution is -0.263. The van der Waals surface area contributed by atoms with Crippen LogP contribution in [0.2, 0.25) is 0 Å². The Kier molecular flexibility index (Phi) is 2.38. The topological polar surface area (TPSA) is 35.2 Å². The van der Waals surface area contributed by atoms with Crippen LogP contribution in [0.3, 0.4) is 0 Å². The minimum atomic E-state index is 0.0124. The van der Waals surface area contributed by atoms with Crippen LogP contribution in [-0.2, 0) is 4.74 Å². The van der Waals surface area contributed by atoms with Crippen molar-refractivity contribution in [2.45, 2.75) is 76.0 Å². The van der Waals surface area contributed by atoms with Crippen LogP contribution in [0, 0.1) is 11.8 Å². The van der Waals surface area contributed by atoms with Crippen LogP contribution in [-0.4, -0.2) is 17.2 Å². The summed E-state index contributed by atoms with van der Waals surface area (Å²) in [6.07, 6.45) is 9.20. The van der Waals surface area contributed by atoms with E-state index in [4.69, 9.17) is 10.5 Å². The predicted octanol–water partition coefficient (Wildman–Crippen LogP) is 2.85. The molecular formula is C14H25NO. The van der Waals surface area contributed by atoms with Crippen LogP contribution >= 0.6 is 0 Å². The van der Waals surface area contributed by atoms with Crippen LogP contribution < -0.4 is 5.73 Å². The Balaban J connectivity index is 1.89. The first kappa shape index (κ1) is 11.0. The van der Waals surface area contributed by atoms with Gasteiger partial charge in [-0.25, -0.2) is 0 Å². The lowest BCUT2D eigenvalue weighted by Gasteiger charge is -2.60. The second-order valence-corrected chi connectivity index (χ2v) is 6.76. The molecule has 0 amide bonds. The van der Waals surface area contributed by atoms with E-state index in [9.17, 15) is 0 Å². The van der Waals surface area contributed by atoms with Gasteiger partial charge in [-0.15, -0.1) is 0 Å². The van der Waals surface area contributed by atoms with E-state index >= 15 is 0 Å². The van der Waals surface area contributed by atoms with E-state index in [0.717, 1.165) is 12.3 Å². The zero-order valence-corrected chi connectivity index (χ0v) is 10.7. The van der Waals surface area contributed by atoms with Crippen molar-refractivity contribution < 1.29 is 4.74 Å². The Labute approximate surface area is 98.9 Å². The minimum Gasteiger partial charge on any atom is -0.368 e. The minimum absolute atomic E-state index is 0.0124. The molecule has 0 aromatic carbocycles. The fourth-order valence-electron chi connectivity index (χ4n) is 4.72. The van der Waals surface area contributed by atoms with Crippen LogP contribution in [0.15, 0.2) is 0 Å². The number of hydrogen-bond acceptors (Lipinski definition) is 2. The molecule has 0 radical (unpaired) electrons. The van der Waals surface area contributed by atoms with E-state index in [1.54, 1.807) is 0 Å². The molecule has 2 aliphatic carbocycles. The summed E-state index contributed by atoms with van der Waals surface area (Å²) in [5.74, 6) is 1.37. The van der Waals surface area contributed by atoms with E-state index in [1.807, 2.05) is 0 Å². The molecule has 2 aliphatic heterocycles. The Bertz CT molecular complexity index is 282. The van der Waals surface area contributed by atoms with Gasteiger partial charge in [0.15, 0.2) is 0 Å². The second-order valence-electron chi connectivity index (χ2n) is 6.76. The summed E-state index contributed by atoms with van der Waals surface area (Å²) in [5, 5.41) is 0. The van der Waals surface area contributed by atoms with E-state index < -0.39 is 0 Å². The number of ether oxygens (including phenoxy) is 1. The molecule has 0 unspecified atom stereocenters. The predicted molar refractivity (Wildman–Crippen MR) is 65.2 cm³/mol. The molecule has 2 bridgehead atoms. The summed E-state index contributed by atoms with van der Waals surface area (Å²) in [6.45, 7) is 4.50. The molecule has 2 heterocycles. The molecule has 92 valence electrons. The first-order valence-electron chi connectivity index (χ1n) is 6.99. The number of nitrogens with two attached hydrogens (primary N) is 1. The van der Waals surface area contributed by atoms with Crippen molar-refractivity contribution in [3.63, 3.8) is 0 Å². The van der Waals surface area contributed by atoms with Crippen molar-refractivity contribution in [3.05, 3.63) is 0 Å². The SMILES string of the molecule is CC1(C)O[C@@]2(C3CCCC3)CC[C@@H]1[C@H](N)C2. The van der Waals surface area contributed by atoms with Crippen molar-refractivity contribution in [1.29, 1.82) is 0 Å². The fraction of sp³-hybridized carbons (Fsp3) is 1.00. The monoisotopic (exact) mass is 223 g/mol. The smallest absolute Gasteiger partial charge is 0.0732 e. The maximum Gasteiger partial charge on any atom is 0.0732 e. The summed E-state index contributed by atoms with van der Waals surface area (Å²) < 4.78 is 6.53. The van der Waals surface area contributed by atoms with E-state index in [0.29, 0.717) is 12.0 Å². The third-order valence-electron chi connectivity index (χ3n) is 5.44. The number of hydrogen-bond donors (Lipinski definition) is 1. The standard InChI is InChI=1S/C14H25NO/c1-13(2)11-7-8-14(16-13,9-12(11)15)10-5-3-4-6-10/h10-12H,3-9,15H2,1-2H3/t11-,12-,14+/m1/s1. The highest BCUT2D eigenvalue weighted by atomic mass is 16.5. The lowest BCUT2D eigenvalue weighted by Crippen LogP contribution is -2.65. The average molecular weight is 223 g/mol. The van der Waals surface area contributed by atoms with Gasteiger partial charge in [0.05, 0.1) is 11.2 Å². The first-order valence-corrected chi connectivity index (χ1v) is 6.99. The lowest BCUT2D eigenvalue weighted by atomic mass is 9.61. The fourth-order valence-corrected chi connectivity index (χ4v) is 4.72. The third-order valence-corrected chi connectivity index (χ3v) is 5.44. The van der Waals surface area contributed by atoms with Crippen molar-refractivity contribution in [3.8, 4) is 0 Å². The molecule has 4 fully saturated rings. The van der Waals surface area contributed by atoms with E-state index in [2.05, 4.69) is 13.8 Å². The number of fused-ring (bicyclic) bond motifs is 3. The molecule has 0 spiro atoms. The van der Waals surface area contributed by atoms with Crippen LogP contribution in [0.25, 0.3) is 0 Å². The quantitative estimate of drug-likeness (QED) is 0.742. The van der Waals surface area contributed by atoms with Crippen molar-refractivity contribution in [2.75, 3.05) is 0 Å². The molecule has 16 heavy (non-hydrogen) atoms. The molecule has 2 saturated heterocycles. The van der Waals surface area contributed by atoms with Crippen LogP contribution in [0.1, 0.15) is 58.8 Å². The molecule has 3 atom stereocenters. The van der Waals surface area contributed by atoms with Gasteiger partial charge >= 0.3 is 0 Å². The van der Waals surface area contributed by atoms with Gasteiger partial charge in [0.25, 0.3) is 0 Å². The van der Waals surface area contributed by atoms with Crippen molar-refractivity contribution in [2.24, 2.45) is 17.6 Å². The zero-order valence-electron chi connectivity index (χ0n) is 10.7. The van der Waals surface area contributed by atoms with Gasteiger partial charge in [-0.3, -0.25) is 0 Å². The highest BCUT2D eigenvalue weighted by Crippen LogP contribution is 2.55. The zero-order chi connectivity index (χ0) is 11.4. The molecule has 4 aliphatic rings. The van der Waals surface area contributed by atoms with E-state index in [-0.39, 0.29) is 11.2 Å². The Hall–Kier alpha value is -0.0800. The summed E-state index contributed by atoms with van der Waals surface area (Å²) >= 11 is 0. The molecule has 2 N–H and O–H groups in total. The molecule has 0 aromatic heterocycles. The van der Waals surface area contributed by atoms with E-state index in [1.165, 1.54) is 38.5 Å². The largest absolute Gasteiger partial charge is 0.368 e. The van der Waals surface area contributed by atoms with Gasteiger partial charge in [0, 0.05) is 12.0 Å². The molecule has 2 heteroatoms. The molecule has 0 aromatic rings. The number of rotatable bonds is 1.